The second kappa shape index (κ2) is 6.85. The molecule has 0 saturated heterocycles. The summed E-state index contributed by atoms with van der Waals surface area (Å²) < 4.78 is 0. The largest absolute Gasteiger partial charge is 0.506 e. The Bertz CT molecular complexity index is 439. The van der Waals surface area contributed by atoms with E-state index in [1.807, 2.05) is 6.26 Å². The molecule has 0 saturated carbocycles. The molecule has 3 N–H and O–H groups in total. The molecule has 1 aromatic heterocycles. The molecule has 1 rings (SSSR count). The van der Waals surface area contributed by atoms with Gasteiger partial charge in [-0.25, -0.2) is 4.79 Å². The van der Waals surface area contributed by atoms with Crippen molar-refractivity contribution in [2.75, 3.05) is 12.0 Å². The van der Waals surface area contributed by atoms with Crippen molar-refractivity contribution in [2.24, 2.45) is 0 Å². The van der Waals surface area contributed by atoms with Crippen molar-refractivity contribution in [2.45, 2.75) is 12.5 Å². The molecule has 18 heavy (non-hydrogen) atoms. The number of thioether (sulfide) groups is 1. The maximum atomic E-state index is 11.7. The van der Waals surface area contributed by atoms with E-state index in [4.69, 9.17) is 5.11 Å². The second-order valence-corrected chi connectivity index (χ2v) is 4.56. The highest BCUT2D eigenvalue weighted by atomic mass is 32.2. The van der Waals surface area contributed by atoms with Crippen LogP contribution in [0.4, 0.5) is 0 Å². The Kier molecular flexibility index (Phi) is 5.44. The summed E-state index contributed by atoms with van der Waals surface area (Å²) in [5, 5.41) is 20.5. The number of aliphatic carboxylic acids is 1. The summed E-state index contributed by atoms with van der Waals surface area (Å²) in [6.45, 7) is 0. The van der Waals surface area contributed by atoms with Gasteiger partial charge in [0.1, 0.15) is 11.8 Å². The van der Waals surface area contributed by atoms with E-state index >= 15 is 0 Å². The number of hydrogen-bond acceptors (Lipinski definition) is 5. The highest BCUT2D eigenvalue weighted by Crippen LogP contribution is 2.09. The quantitative estimate of drug-likeness (QED) is 0.704. The summed E-state index contributed by atoms with van der Waals surface area (Å²) in [7, 11) is 0. The van der Waals surface area contributed by atoms with Gasteiger partial charge in [-0.15, -0.1) is 0 Å². The van der Waals surface area contributed by atoms with Gasteiger partial charge in [-0.3, -0.25) is 9.78 Å². The minimum Gasteiger partial charge on any atom is -0.506 e. The lowest BCUT2D eigenvalue weighted by molar-refractivity contribution is -0.139. The minimum atomic E-state index is -1.08. The molecule has 1 aromatic rings. The Morgan fingerprint density at radius 1 is 1.50 bits per heavy atom. The zero-order chi connectivity index (χ0) is 13.5. The highest BCUT2D eigenvalue weighted by Gasteiger charge is 2.20. The number of nitrogens with one attached hydrogen (secondary N) is 1. The van der Waals surface area contributed by atoms with Crippen molar-refractivity contribution in [1.82, 2.24) is 10.3 Å². The van der Waals surface area contributed by atoms with Gasteiger partial charge in [0.05, 0.1) is 11.8 Å². The number of rotatable bonds is 6. The standard InChI is InChI=1S/C11H14N2O4S/c1-18-3-2-9(11(16)17)13-10(15)7-4-8(14)6-12-5-7/h4-6,9,14H,2-3H2,1H3,(H,13,15)(H,16,17)/t9-/m1/s1. The molecule has 1 amide bonds. The van der Waals surface area contributed by atoms with E-state index < -0.39 is 17.9 Å². The van der Waals surface area contributed by atoms with Crippen LogP contribution >= 0.6 is 11.8 Å². The number of carboxylic acid groups (broad SMARTS) is 1. The van der Waals surface area contributed by atoms with E-state index in [0.717, 1.165) is 0 Å². The van der Waals surface area contributed by atoms with Crippen LogP contribution in [0, 0.1) is 0 Å². The van der Waals surface area contributed by atoms with E-state index in [-0.39, 0.29) is 11.3 Å². The van der Waals surface area contributed by atoms with E-state index in [1.165, 1.54) is 30.2 Å². The molecular formula is C11H14N2O4S. The molecule has 0 aliphatic carbocycles. The van der Waals surface area contributed by atoms with Crippen molar-refractivity contribution in [3.8, 4) is 5.75 Å². The SMILES string of the molecule is CSCC[C@@H](NC(=O)c1cncc(O)c1)C(=O)O. The third-order valence-electron chi connectivity index (χ3n) is 2.20. The Balaban J connectivity index is 2.69. The first-order chi connectivity index (χ1) is 8.54. The minimum absolute atomic E-state index is 0.130. The molecule has 1 atom stereocenters. The number of nitrogens with zero attached hydrogens (tertiary/aromatic N) is 1. The summed E-state index contributed by atoms with van der Waals surface area (Å²) in [4.78, 5) is 26.3. The molecule has 0 fully saturated rings. The zero-order valence-corrected chi connectivity index (χ0v) is 10.6. The van der Waals surface area contributed by atoms with Crippen LogP contribution in [-0.4, -0.2) is 45.1 Å². The van der Waals surface area contributed by atoms with Crippen LogP contribution in [0.3, 0.4) is 0 Å². The number of carbonyl (C=O) groups is 2. The van der Waals surface area contributed by atoms with Gasteiger partial charge in [0.2, 0.25) is 0 Å². The molecular weight excluding hydrogens is 256 g/mol. The predicted octanol–water partition coefficient (Wildman–Crippen LogP) is 0.723. The van der Waals surface area contributed by atoms with Crippen LogP contribution in [0.1, 0.15) is 16.8 Å². The average molecular weight is 270 g/mol. The van der Waals surface area contributed by atoms with Crippen molar-refractivity contribution >= 4 is 23.6 Å². The van der Waals surface area contributed by atoms with Crippen molar-refractivity contribution in [3.63, 3.8) is 0 Å². The van der Waals surface area contributed by atoms with Crippen LogP contribution in [-0.2, 0) is 4.79 Å². The lowest BCUT2D eigenvalue weighted by atomic mass is 10.2. The Labute approximate surface area is 108 Å². The van der Waals surface area contributed by atoms with Gasteiger partial charge in [-0.2, -0.15) is 11.8 Å². The molecule has 0 unspecified atom stereocenters. The average Bonchev–Trinajstić information content (AvgIpc) is 2.33. The predicted molar refractivity (Wildman–Crippen MR) is 67.8 cm³/mol. The van der Waals surface area contributed by atoms with E-state index in [0.29, 0.717) is 12.2 Å². The van der Waals surface area contributed by atoms with Gasteiger partial charge >= 0.3 is 5.97 Å². The van der Waals surface area contributed by atoms with E-state index in [2.05, 4.69) is 10.3 Å². The maximum Gasteiger partial charge on any atom is 0.326 e. The van der Waals surface area contributed by atoms with Crippen molar-refractivity contribution in [1.29, 1.82) is 0 Å². The molecule has 0 aromatic carbocycles. The van der Waals surface area contributed by atoms with Gasteiger partial charge < -0.3 is 15.5 Å². The summed E-state index contributed by atoms with van der Waals surface area (Å²) in [5.41, 5.74) is 0.130. The molecule has 0 radical (unpaired) electrons. The third-order valence-corrected chi connectivity index (χ3v) is 2.84. The molecule has 0 aliphatic heterocycles. The zero-order valence-electron chi connectivity index (χ0n) is 9.79. The van der Waals surface area contributed by atoms with Crippen LogP contribution in [0.25, 0.3) is 0 Å². The Morgan fingerprint density at radius 2 is 2.22 bits per heavy atom. The van der Waals surface area contributed by atoms with Crippen molar-refractivity contribution < 1.29 is 19.8 Å². The van der Waals surface area contributed by atoms with E-state index in [1.54, 1.807) is 0 Å². The lowest BCUT2D eigenvalue weighted by Gasteiger charge is -2.13. The van der Waals surface area contributed by atoms with Crippen LogP contribution in [0.5, 0.6) is 5.75 Å². The number of carbonyl (C=O) groups excluding carboxylic acids is 1. The normalized spacial score (nSPS) is 11.8. The molecule has 1 heterocycles. The van der Waals surface area contributed by atoms with Crippen LogP contribution < -0.4 is 5.32 Å². The van der Waals surface area contributed by atoms with Gasteiger partial charge in [0.25, 0.3) is 5.91 Å². The fourth-order valence-corrected chi connectivity index (χ4v) is 1.76. The topological polar surface area (TPSA) is 99.5 Å². The molecule has 0 aliphatic rings. The monoisotopic (exact) mass is 270 g/mol. The fraction of sp³-hybridized carbons (Fsp3) is 0.364. The summed E-state index contributed by atoms with van der Waals surface area (Å²) >= 11 is 1.51. The van der Waals surface area contributed by atoms with Crippen molar-refractivity contribution in [3.05, 3.63) is 24.0 Å². The molecule has 98 valence electrons. The van der Waals surface area contributed by atoms with Gasteiger partial charge in [-0.1, -0.05) is 0 Å². The number of pyridine rings is 1. The number of hydrogen-bond donors (Lipinski definition) is 3. The fourth-order valence-electron chi connectivity index (χ4n) is 1.29. The summed E-state index contributed by atoms with van der Waals surface area (Å²) in [5.74, 6) is -1.15. The van der Waals surface area contributed by atoms with Crippen LogP contribution in [0.2, 0.25) is 0 Å². The highest BCUT2D eigenvalue weighted by molar-refractivity contribution is 7.98. The maximum absolute atomic E-state index is 11.7. The number of aromatic hydroxyl groups is 1. The third kappa shape index (κ3) is 4.25. The first kappa shape index (κ1) is 14.3. The van der Waals surface area contributed by atoms with Gasteiger partial charge in [0.15, 0.2) is 0 Å². The first-order valence-electron chi connectivity index (χ1n) is 5.21. The first-order valence-corrected chi connectivity index (χ1v) is 6.60. The Morgan fingerprint density at radius 3 is 2.78 bits per heavy atom. The molecule has 6 nitrogen and oxygen atoms in total. The number of aromatic nitrogens is 1. The molecule has 0 bridgehead atoms. The summed E-state index contributed by atoms with van der Waals surface area (Å²) in [6, 6.07) is 0.294. The smallest absolute Gasteiger partial charge is 0.326 e. The lowest BCUT2D eigenvalue weighted by Crippen LogP contribution is -2.41. The molecule has 0 spiro atoms. The Hall–Kier alpha value is -1.76. The van der Waals surface area contributed by atoms with Gasteiger partial charge in [0, 0.05) is 6.20 Å². The second-order valence-electron chi connectivity index (χ2n) is 3.58. The van der Waals surface area contributed by atoms with Gasteiger partial charge in [-0.05, 0) is 24.5 Å². The molecule has 7 heteroatoms. The number of amides is 1. The van der Waals surface area contributed by atoms with Crippen LogP contribution in [0.15, 0.2) is 18.5 Å². The van der Waals surface area contributed by atoms with E-state index in [9.17, 15) is 14.7 Å². The summed E-state index contributed by atoms with van der Waals surface area (Å²) in [6.07, 6.45) is 4.66. The number of carboxylic acids is 1.